The average molecular weight is 209 g/mol. The van der Waals surface area contributed by atoms with Crippen LogP contribution in [-0.4, -0.2) is 15.4 Å². The van der Waals surface area contributed by atoms with Crippen LogP contribution in [0.4, 0.5) is 0 Å². The molecule has 14 heavy (non-hydrogen) atoms. The van der Waals surface area contributed by atoms with Crippen molar-refractivity contribution in [3.05, 3.63) is 30.1 Å². The Kier molecular flexibility index (Phi) is 3.15. The van der Waals surface area contributed by atoms with Gasteiger partial charge in [0.2, 0.25) is 5.76 Å². The molecule has 70 valence electrons. The van der Waals surface area contributed by atoms with Gasteiger partial charge in [0, 0.05) is 11.5 Å². The van der Waals surface area contributed by atoms with Crippen molar-refractivity contribution in [3.63, 3.8) is 0 Å². The molecule has 0 amide bonds. The van der Waals surface area contributed by atoms with E-state index in [4.69, 9.17) is 9.78 Å². The van der Waals surface area contributed by atoms with E-state index < -0.39 is 0 Å². The lowest BCUT2D eigenvalue weighted by Gasteiger charge is -1.94. The van der Waals surface area contributed by atoms with Gasteiger partial charge in [0.25, 0.3) is 0 Å². The first-order valence-electron chi connectivity index (χ1n) is 3.54. The Morgan fingerprint density at radius 1 is 1.43 bits per heavy atom. The molecule has 5 nitrogen and oxygen atoms in total. The highest BCUT2D eigenvalue weighted by atomic mass is 35.5. The second-order valence-corrected chi connectivity index (χ2v) is 2.29. The van der Waals surface area contributed by atoms with E-state index in [2.05, 4.69) is 15.4 Å². The predicted molar refractivity (Wildman–Crippen MR) is 49.5 cm³/mol. The molecule has 0 unspecified atom stereocenters. The Labute approximate surface area is 85.8 Å². The van der Waals surface area contributed by atoms with Crippen LogP contribution in [0.5, 0.6) is 0 Å². The first-order valence-corrected chi connectivity index (χ1v) is 3.54. The van der Waals surface area contributed by atoms with E-state index in [9.17, 15) is 0 Å². The molecule has 0 aliphatic rings. The summed E-state index contributed by atoms with van der Waals surface area (Å²) in [5, 5.41) is 15.6. The molecular formula is C8H5ClN4O. The molecule has 0 aromatic carbocycles. The van der Waals surface area contributed by atoms with Gasteiger partial charge in [0.15, 0.2) is 0 Å². The normalized spacial score (nSPS) is 8.79. The van der Waals surface area contributed by atoms with Crippen molar-refractivity contribution < 1.29 is 4.52 Å². The summed E-state index contributed by atoms with van der Waals surface area (Å²) in [4.78, 5) is 4.00. The molecule has 2 aromatic rings. The summed E-state index contributed by atoms with van der Waals surface area (Å²) in [5.41, 5.74) is 0.913. The summed E-state index contributed by atoms with van der Waals surface area (Å²) in [6, 6.07) is 5.35. The van der Waals surface area contributed by atoms with Crippen LogP contribution in [0.1, 0.15) is 5.56 Å². The van der Waals surface area contributed by atoms with Gasteiger partial charge in [-0.25, -0.2) is 0 Å². The number of halogens is 1. The number of nitrogens with zero attached hydrogens (tertiary/aromatic N) is 4. The smallest absolute Gasteiger partial charge is 0.206 e. The van der Waals surface area contributed by atoms with Crippen LogP contribution in [0.2, 0.25) is 0 Å². The highest BCUT2D eigenvalue weighted by Gasteiger charge is 2.08. The highest BCUT2D eigenvalue weighted by Crippen LogP contribution is 2.18. The van der Waals surface area contributed by atoms with Crippen molar-refractivity contribution in [2.75, 3.05) is 0 Å². The van der Waals surface area contributed by atoms with Crippen LogP contribution in [0.3, 0.4) is 0 Å². The molecule has 2 heterocycles. The van der Waals surface area contributed by atoms with Gasteiger partial charge >= 0.3 is 0 Å². The van der Waals surface area contributed by atoms with Crippen LogP contribution in [0.15, 0.2) is 29.0 Å². The van der Waals surface area contributed by atoms with E-state index in [0.29, 0.717) is 17.0 Å². The van der Waals surface area contributed by atoms with Gasteiger partial charge in [-0.2, -0.15) is 5.26 Å². The lowest BCUT2D eigenvalue weighted by atomic mass is 10.2. The third-order valence-electron chi connectivity index (χ3n) is 1.52. The van der Waals surface area contributed by atoms with Crippen molar-refractivity contribution in [1.82, 2.24) is 15.4 Å². The van der Waals surface area contributed by atoms with Crippen LogP contribution >= 0.6 is 12.4 Å². The third-order valence-corrected chi connectivity index (χ3v) is 1.52. The van der Waals surface area contributed by atoms with Crippen molar-refractivity contribution >= 4 is 12.4 Å². The molecule has 0 radical (unpaired) electrons. The SMILES string of the molecule is Cl.N#Cc1cccnc1-c1cnno1. The summed E-state index contributed by atoms with van der Waals surface area (Å²) in [6.07, 6.45) is 3.00. The van der Waals surface area contributed by atoms with Crippen LogP contribution < -0.4 is 0 Å². The number of aromatic nitrogens is 3. The standard InChI is InChI=1S/C8H4N4O.ClH/c9-4-6-2-1-3-10-8(6)7-5-11-12-13-7;/h1-3,5H;1H. The second-order valence-electron chi connectivity index (χ2n) is 2.29. The maximum absolute atomic E-state index is 8.74. The molecule has 0 N–H and O–H groups in total. The average Bonchev–Trinajstić information content (AvgIpc) is 2.70. The van der Waals surface area contributed by atoms with E-state index >= 15 is 0 Å². The van der Waals surface area contributed by atoms with Crippen molar-refractivity contribution in [2.45, 2.75) is 0 Å². The lowest BCUT2D eigenvalue weighted by Crippen LogP contribution is -1.85. The first-order chi connectivity index (χ1) is 6.42. The number of hydrogen-bond acceptors (Lipinski definition) is 5. The number of pyridine rings is 1. The zero-order chi connectivity index (χ0) is 9.10. The zero-order valence-corrected chi connectivity index (χ0v) is 7.73. The number of nitriles is 1. The molecular weight excluding hydrogens is 204 g/mol. The molecule has 0 spiro atoms. The molecule has 0 saturated carbocycles. The van der Waals surface area contributed by atoms with E-state index in [-0.39, 0.29) is 12.4 Å². The van der Waals surface area contributed by atoms with Crippen LogP contribution in [0.25, 0.3) is 11.5 Å². The monoisotopic (exact) mass is 208 g/mol. The fraction of sp³-hybridized carbons (Fsp3) is 0. The summed E-state index contributed by atoms with van der Waals surface area (Å²) < 4.78 is 4.79. The van der Waals surface area contributed by atoms with Gasteiger partial charge < -0.3 is 4.52 Å². The Morgan fingerprint density at radius 2 is 2.29 bits per heavy atom. The largest absolute Gasteiger partial charge is 0.335 e. The van der Waals surface area contributed by atoms with Crippen LogP contribution in [0, 0.1) is 11.3 Å². The minimum Gasteiger partial charge on any atom is -0.335 e. The maximum atomic E-state index is 8.74. The van der Waals surface area contributed by atoms with Crippen LogP contribution in [-0.2, 0) is 0 Å². The zero-order valence-electron chi connectivity index (χ0n) is 6.91. The Bertz CT molecular complexity index is 449. The fourth-order valence-electron chi connectivity index (χ4n) is 0.963. The Hall–Kier alpha value is -1.93. The lowest BCUT2D eigenvalue weighted by molar-refractivity contribution is 0.402. The van der Waals surface area contributed by atoms with Gasteiger partial charge in [-0.3, -0.25) is 4.98 Å². The van der Waals surface area contributed by atoms with E-state index in [1.807, 2.05) is 6.07 Å². The van der Waals surface area contributed by atoms with Crippen molar-refractivity contribution in [3.8, 4) is 17.5 Å². The van der Waals surface area contributed by atoms with Gasteiger partial charge in [-0.15, -0.1) is 17.5 Å². The highest BCUT2D eigenvalue weighted by molar-refractivity contribution is 5.85. The van der Waals surface area contributed by atoms with E-state index in [1.54, 1.807) is 18.3 Å². The fourth-order valence-corrected chi connectivity index (χ4v) is 0.963. The number of rotatable bonds is 1. The Balaban J connectivity index is 0.000000980. The molecule has 0 aliphatic carbocycles. The Morgan fingerprint density at radius 3 is 2.93 bits per heavy atom. The summed E-state index contributed by atoms with van der Waals surface area (Å²) in [6.45, 7) is 0. The third kappa shape index (κ3) is 1.70. The quantitative estimate of drug-likeness (QED) is 0.709. The van der Waals surface area contributed by atoms with E-state index in [0.717, 1.165) is 0 Å². The summed E-state index contributed by atoms with van der Waals surface area (Å²) in [7, 11) is 0. The molecule has 6 heteroatoms. The molecule has 0 fully saturated rings. The molecule has 0 bridgehead atoms. The van der Waals surface area contributed by atoms with Gasteiger partial charge in [-0.05, 0) is 12.1 Å². The van der Waals surface area contributed by atoms with Gasteiger partial charge in [0.05, 0.1) is 5.56 Å². The van der Waals surface area contributed by atoms with Crippen molar-refractivity contribution in [1.29, 1.82) is 5.26 Å². The second kappa shape index (κ2) is 4.35. The van der Waals surface area contributed by atoms with Gasteiger partial charge in [0.1, 0.15) is 18.0 Å². The van der Waals surface area contributed by atoms with Crippen molar-refractivity contribution in [2.24, 2.45) is 0 Å². The minimum atomic E-state index is 0. The summed E-state index contributed by atoms with van der Waals surface area (Å²) in [5.74, 6) is 0.400. The first kappa shape index (κ1) is 10.2. The maximum Gasteiger partial charge on any atom is 0.206 e. The predicted octanol–water partition coefficient (Wildman–Crippen LogP) is 1.43. The van der Waals surface area contributed by atoms with Gasteiger partial charge in [-0.1, -0.05) is 0 Å². The van der Waals surface area contributed by atoms with E-state index in [1.165, 1.54) is 6.20 Å². The molecule has 0 atom stereocenters. The molecule has 2 rings (SSSR count). The number of hydrogen-bond donors (Lipinski definition) is 0. The summed E-state index contributed by atoms with van der Waals surface area (Å²) >= 11 is 0. The minimum absolute atomic E-state index is 0. The molecule has 0 saturated heterocycles. The molecule has 0 aliphatic heterocycles. The topological polar surface area (TPSA) is 75.6 Å². The molecule has 2 aromatic heterocycles.